The third-order valence-corrected chi connectivity index (χ3v) is 8.50. The van der Waals surface area contributed by atoms with Crippen LogP contribution >= 0.6 is 0 Å². The molecule has 1 N–H and O–H groups in total. The highest BCUT2D eigenvalue weighted by molar-refractivity contribution is 5.65. The topological polar surface area (TPSA) is 99.2 Å². The maximum Gasteiger partial charge on any atom is 0.407 e. The van der Waals surface area contributed by atoms with Crippen molar-refractivity contribution in [2.45, 2.75) is 43.9 Å². The Balaban J connectivity index is 1.30. The van der Waals surface area contributed by atoms with Gasteiger partial charge in [0.25, 0.3) is 0 Å². The molecule has 11 heteroatoms. The number of anilines is 1. The van der Waals surface area contributed by atoms with Crippen LogP contribution < -0.4 is 14.4 Å². The van der Waals surface area contributed by atoms with Crippen LogP contribution in [0.4, 0.5) is 14.9 Å². The second kappa shape index (κ2) is 17.3. The van der Waals surface area contributed by atoms with Gasteiger partial charge in [0.15, 0.2) is 0 Å². The summed E-state index contributed by atoms with van der Waals surface area (Å²) in [6.45, 7) is 3.30. The van der Waals surface area contributed by atoms with Crippen molar-refractivity contribution in [3.05, 3.63) is 89.5 Å². The average molecular weight is 653 g/mol. The zero-order valence-corrected chi connectivity index (χ0v) is 27.1. The standard InChI is InChI=1S/C36H45FN2O8/c1-42-17-6-15-38-16-18-45-32-14-9-27(19-31(32)38)23-46-33-20-39(36(40)41)21-34(35(33)28-10-12-30(43-2)13-11-28)47-25-29(37)24-44-22-26-7-4-3-5-8-26/h3-5,7-14,19,29,33-35H,6,15-18,20-25H2,1-2H3,(H,40,41)/t29-,33+,34-,35-/m1/s1. The lowest BCUT2D eigenvalue weighted by atomic mass is 9.84. The molecule has 2 aliphatic heterocycles. The van der Waals surface area contributed by atoms with Crippen LogP contribution in [0, 0.1) is 0 Å². The number of halogens is 1. The van der Waals surface area contributed by atoms with E-state index in [0.29, 0.717) is 25.6 Å². The van der Waals surface area contributed by atoms with Crippen LogP contribution in [0.2, 0.25) is 0 Å². The smallest absolute Gasteiger partial charge is 0.407 e. The lowest BCUT2D eigenvalue weighted by molar-refractivity contribution is -0.101. The van der Waals surface area contributed by atoms with Gasteiger partial charge in [0.05, 0.1) is 71.1 Å². The lowest BCUT2D eigenvalue weighted by Gasteiger charge is -2.42. The highest BCUT2D eigenvalue weighted by Gasteiger charge is 2.41. The second-order valence-electron chi connectivity index (χ2n) is 11.8. The zero-order valence-electron chi connectivity index (χ0n) is 27.1. The number of ether oxygens (including phenoxy) is 6. The van der Waals surface area contributed by atoms with Crippen LogP contribution in [0.15, 0.2) is 72.8 Å². The summed E-state index contributed by atoms with van der Waals surface area (Å²) in [7, 11) is 3.30. The van der Waals surface area contributed by atoms with Crippen molar-refractivity contribution in [2.24, 2.45) is 0 Å². The summed E-state index contributed by atoms with van der Waals surface area (Å²) < 4.78 is 49.8. The molecule has 0 spiro atoms. The number of methoxy groups -OCH3 is 2. The SMILES string of the molecule is COCCCN1CCOc2ccc(CO[C@H]3CN(C(=O)O)C[C@@H](OC[C@H](F)COCc4ccccc4)[C@@H]3c3ccc(OC)cc3)cc21. The molecule has 10 nitrogen and oxygen atoms in total. The number of rotatable bonds is 16. The van der Waals surface area contributed by atoms with Gasteiger partial charge in [-0.1, -0.05) is 48.5 Å². The number of benzene rings is 3. The van der Waals surface area contributed by atoms with E-state index in [2.05, 4.69) is 11.0 Å². The summed E-state index contributed by atoms with van der Waals surface area (Å²) in [5, 5.41) is 10.0. The van der Waals surface area contributed by atoms with Crippen LogP contribution in [0.25, 0.3) is 0 Å². The predicted octanol–water partition coefficient (Wildman–Crippen LogP) is 5.53. The van der Waals surface area contributed by atoms with E-state index in [9.17, 15) is 9.90 Å². The van der Waals surface area contributed by atoms with E-state index in [1.807, 2.05) is 66.7 Å². The fourth-order valence-electron chi connectivity index (χ4n) is 6.10. The van der Waals surface area contributed by atoms with E-state index in [1.54, 1.807) is 14.2 Å². The molecule has 3 aromatic rings. The third-order valence-electron chi connectivity index (χ3n) is 8.50. The van der Waals surface area contributed by atoms with Crippen molar-refractivity contribution >= 4 is 11.8 Å². The highest BCUT2D eigenvalue weighted by atomic mass is 19.1. The number of hydrogen-bond donors (Lipinski definition) is 1. The van der Waals surface area contributed by atoms with Crippen molar-refractivity contribution in [1.82, 2.24) is 4.90 Å². The molecule has 0 aliphatic carbocycles. The molecule has 0 aromatic heterocycles. The lowest BCUT2D eigenvalue weighted by Crippen LogP contribution is -2.54. The number of hydrogen-bond acceptors (Lipinski definition) is 8. The average Bonchev–Trinajstić information content (AvgIpc) is 3.10. The minimum atomic E-state index is -1.39. The molecule has 3 aromatic carbocycles. The first kappa shape index (κ1) is 34.4. The first-order chi connectivity index (χ1) is 22.9. The van der Waals surface area contributed by atoms with Crippen LogP contribution in [-0.2, 0) is 32.2 Å². The van der Waals surface area contributed by atoms with Crippen molar-refractivity contribution in [3.63, 3.8) is 0 Å². The van der Waals surface area contributed by atoms with Gasteiger partial charge in [0, 0.05) is 26.2 Å². The Hall–Kier alpha value is -3.90. The Morgan fingerprint density at radius 1 is 0.957 bits per heavy atom. The van der Waals surface area contributed by atoms with Gasteiger partial charge in [-0.3, -0.25) is 0 Å². The van der Waals surface area contributed by atoms with E-state index < -0.39 is 24.5 Å². The molecule has 1 saturated heterocycles. The summed E-state index contributed by atoms with van der Waals surface area (Å²) in [6, 6.07) is 23.1. The fraction of sp³-hybridized carbons (Fsp3) is 0.472. The maximum atomic E-state index is 15.0. The molecule has 0 saturated carbocycles. The number of nitrogens with zero attached hydrogens (tertiary/aromatic N) is 2. The quantitative estimate of drug-likeness (QED) is 0.200. The van der Waals surface area contributed by atoms with Gasteiger partial charge in [-0.25, -0.2) is 9.18 Å². The molecule has 0 bridgehead atoms. The highest BCUT2D eigenvalue weighted by Crippen LogP contribution is 2.36. The van der Waals surface area contributed by atoms with Gasteiger partial charge >= 0.3 is 6.09 Å². The van der Waals surface area contributed by atoms with Gasteiger partial charge in [-0.2, -0.15) is 0 Å². The van der Waals surface area contributed by atoms with Gasteiger partial charge in [-0.05, 0) is 47.4 Å². The first-order valence-electron chi connectivity index (χ1n) is 16.1. The molecule has 5 rings (SSSR count). The van der Waals surface area contributed by atoms with Crippen LogP contribution in [0.1, 0.15) is 29.0 Å². The van der Waals surface area contributed by atoms with E-state index in [0.717, 1.165) is 47.6 Å². The molecular formula is C36H45FN2O8. The van der Waals surface area contributed by atoms with Crippen LogP contribution in [0.5, 0.6) is 11.5 Å². The Morgan fingerprint density at radius 3 is 2.45 bits per heavy atom. The molecular weight excluding hydrogens is 607 g/mol. The van der Waals surface area contributed by atoms with Crippen LogP contribution in [-0.4, -0.2) is 101 Å². The number of carbonyl (C=O) groups is 1. The summed E-state index contributed by atoms with van der Waals surface area (Å²) in [4.78, 5) is 15.8. The van der Waals surface area contributed by atoms with E-state index in [-0.39, 0.29) is 38.8 Å². The first-order valence-corrected chi connectivity index (χ1v) is 16.1. The molecule has 254 valence electrons. The predicted molar refractivity (Wildman–Crippen MR) is 175 cm³/mol. The second-order valence-corrected chi connectivity index (χ2v) is 11.8. The fourth-order valence-corrected chi connectivity index (χ4v) is 6.10. The molecule has 47 heavy (non-hydrogen) atoms. The summed E-state index contributed by atoms with van der Waals surface area (Å²) in [5.74, 6) is 1.16. The number of likely N-dealkylation sites (tertiary alicyclic amines) is 1. The molecule has 1 amide bonds. The molecule has 2 aliphatic rings. The normalized spacial score (nSPS) is 19.9. The maximum absolute atomic E-state index is 15.0. The number of piperidine rings is 1. The van der Waals surface area contributed by atoms with E-state index in [1.165, 1.54) is 4.90 Å². The van der Waals surface area contributed by atoms with Gasteiger partial charge in [0.1, 0.15) is 24.3 Å². The zero-order chi connectivity index (χ0) is 33.0. The number of amides is 1. The third kappa shape index (κ3) is 9.57. The van der Waals surface area contributed by atoms with Crippen molar-refractivity contribution in [1.29, 1.82) is 0 Å². The Kier molecular flexibility index (Phi) is 12.7. The van der Waals surface area contributed by atoms with E-state index >= 15 is 4.39 Å². The molecule has 1 fully saturated rings. The summed E-state index contributed by atoms with van der Waals surface area (Å²) in [5.41, 5.74) is 3.78. The van der Waals surface area contributed by atoms with Crippen molar-refractivity contribution in [3.8, 4) is 11.5 Å². The van der Waals surface area contributed by atoms with Gasteiger partial charge in [-0.15, -0.1) is 0 Å². The van der Waals surface area contributed by atoms with Crippen LogP contribution in [0.3, 0.4) is 0 Å². The Labute approximate surface area is 275 Å². The molecule has 4 atom stereocenters. The van der Waals surface area contributed by atoms with Gasteiger partial charge in [0.2, 0.25) is 0 Å². The number of carboxylic acid groups (broad SMARTS) is 1. The summed E-state index contributed by atoms with van der Waals surface area (Å²) >= 11 is 0. The molecule has 0 radical (unpaired) electrons. The molecule has 2 heterocycles. The number of fused-ring (bicyclic) bond motifs is 1. The number of alkyl halides is 1. The minimum absolute atomic E-state index is 0.0795. The van der Waals surface area contributed by atoms with Gasteiger partial charge < -0.3 is 43.3 Å². The molecule has 0 unspecified atom stereocenters. The van der Waals surface area contributed by atoms with E-state index in [4.69, 9.17) is 28.4 Å². The summed E-state index contributed by atoms with van der Waals surface area (Å²) in [6.07, 6.45) is -2.79. The van der Waals surface area contributed by atoms with Crippen molar-refractivity contribution < 1.29 is 42.7 Å². The Morgan fingerprint density at radius 2 is 1.72 bits per heavy atom. The van der Waals surface area contributed by atoms with Crippen molar-refractivity contribution in [2.75, 3.05) is 71.7 Å². The largest absolute Gasteiger partial charge is 0.497 e. The monoisotopic (exact) mass is 652 g/mol. The minimum Gasteiger partial charge on any atom is -0.497 e. The Bertz CT molecular complexity index is 1400.